The number of anilines is 2. The number of methoxy groups -OCH3 is 1. The molecule has 0 saturated heterocycles. The molecule has 6 nitrogen and oxygen atoms in total. The third-order valence-electron chi connectivity index (χ3n) is 4.32. The van der Waals surface area contributed by atoms with Gasteiger partial charge in [-0.05, 0) is 54.4 Å². The van der Waals surface area contributed by atoms with Crippen LogP contribution in [-0.4, -0.2) is 25.0 Å². The van der Waals surface area contributed by atoms with E-state index in [2.05, 4.69) is 10.6 Å². The van der Waals surface area contributed by atoms with Crippen molar-refractivity contribution >= 4 is 23.2 Å². The van der Waals surface area contributed by atoms with Crippen LogP contribution in [0.3, 0.4) is 0 Å². The second kappa shape index (κ2) is 9.01. The molecule has 0 fully saturated rings. The van der Waals surface area contributed by atoms with Crippen LogP contribution in [0, 0.1) is 5.92 Å². The highest BCUT2D eigenvalue weighted by atomic mass is 16.5. The summed E-state index contributed by atoms with van der Waals surface area (Å²) in [4.78, 5) is 24.4. The molecule has 0 aliphatic carbocycles. The molecule has 26 heavy (non-hydrogen) atoms. The van der Waals surface area contributed by atoms with Crippen LogP contribution >= 0.6 is 0 Å². The molecule has 0 aliphatic heterocycles. The first-order valence-corrected chi connectivity index (χ1v) is 8.56. The topological polar surface area (TPSA) is 93.5 Å². The molecule has 6 heteroatoms. The molecule has 2 unspecified atom stereocenters. The highest BCUT2D eigenvalue weighted by Crippen LogP contribution is 2.17. The first-order valence-electron chi connectivity index (χ1n) is 8.56. The van der Waals surface area contributed by atoms with Gasteiger partial charge in [0.15, 0.2) is 0 Å². The minimum Gasteiger partial charge on any atom is -0.497 e. The number of nitrogens with two attached hydrogens (primary N) is 1. The highest BCUT2D eigenvalue weighted by Gasteiger charge is 2.19. The summed E-state index contributed by atoms with van der Waals surface area (Å²) in [5.41, 5.74) is 7.69. The summed E-state index contributed by atoms with van der Waals surface area (Å²) in [7, 11) is 1.59. The molecule has 0 radical (unpaired) electrons. The second-order valence-corrected chi connectivity index (χ2v) is 6.16. The summed E-state index contributed by atoms with van der Waals surface area (Å²) < 4.78 is 5.09. The summed E-state index contributed by atoms with van der Waals surface area (Å²) in [6.45, 7) is 3.94. The zero-order chi connectivity index (χ0) is 19.1. The van der Waals surface area contributed by atoms with Gasteiger partial charge >= 0.3 is 0 Å². The van der Waals surface area contributed by atoms with Gasteiger partial charge in [-0.15, -0.1) is 0 Å². The number of carbonyl (C=O) groups is 2. The Bertz CT molecular complexity index is 742. The zero-order valence-corrected chi connectivity index (χ0v) is 15.3. The monoisotopic (exact) mass is 355 g/mol. The van der Waals surface area contributed by atoms with E-state index in [1.807, 2.05) is 13.8 Å². The fourth-order valence-corrected chi connectivity index (χ4v) is 2.32. The van der Waals surface area contributed by atoms with Crippen LogP contribution < -0.4 is 21.1 Å². The van der Waals surface area contributed by atoms with E-state index in [-0.39, 0.29) is 17.7 Å². The summed E-state index contributed by atoms with van der Waals surface area (Å²) in [5.74, 6) is 0.363. The van der Waals surface area contributed by atoms with E-state index in [0.717, 1.165) is 12.2 Å². The number of hydrogen-bond donors (Lipinski definition) is 3. The quantitative estimate of drug-likeness (QED) is 0.711. The number of rotatable bonds is 7. The molecule has 2 rings (SSSR count). The molecule has 4 N–H and O–H groups in total. The van der Waals surface area contributed by atoms with Crippen LogP contribution in [0.4, 0.5) is 11.4 Å². The predicted molar refractivity (Wildman–Crippen MR) is 103 cm³/mol. The largest absolute Gasteiger partial charge is 0.497 e. The molecule has 0 saturated carbocycles. The van der Waals surface area contributed by atoms with Gasteiger partial charge in [0.1, 0.15) is 5.75 Å². The van der Waals surface area contributed by atoms with Crippen molar-refractivity contribution in [1.29, 1.82) is 0 Å². The molecule has 138 valence electrons. The van der Waals surface area contributed by atoms with Gasteiger partial charge in [-0.25, -0.2) is 0 Å². The average molecular weight is 355 g/mol. The molecule has 0 aromatic heterocycles. The smallest absolute Gasteiger partial charge is 0.255 e. The lowest BCUT2D eigenvalue weighted by atomic mass is 9.99. The first kappa shape index (κ1) is 19.5. The molecular weight excluding hydrogens is 330 g/mol. The lowest BCUT2D eigenvalue weighted by molar-refractivity contribution is -0.118. The van der Waals surface area contributed by atoms with Crippen molar-refractivity contribution in [3.8, 4) is 5.75 Å². The van der Waals surface area contributed by atoms with Gasteiger partial charge in [-0.2, -0.15) is 0 Å². The highest BCUT2D eigenvalue weighted by molar-refractivity contribution is 6.04. The van der Waals surface area contributed by atoms with E-state index >= 15 is 0 Å². The van der Waals surface area contributed by atoms with Crippen molar-refractivity contribution in [3.63, 3.8) is 0 Å². The van der Waals surface area contributed by atoms with Crippen molar-refractivity contribution in [1.82, 2.24) is 0 Å². The Morgan fingerprint density at radius 1 is 1.00 bits per heavy atom. The lowest BCUT2D eigenvalue weighted by Gasteiger charge is -2.17. The maximum absolute atomic E-state index is 12.3. The summed E-state index contributed by atoms with van der Waals surface area (Å²) >= 11 is 0. The number of benzene rings is 2. The molecule has 0 bridgehead atoms. The Kier molecular flexibility index (Phi) is 6.74. The number of hydrogen-bond acceptors (Lipinski definition) is 4. The van der Waals surface area contributed by atoms with Crippen LogP contribution in [0.2, 0.25) is 0 Å². The molecule has 0 spiro atoms. The van der Waals surface area contributed by atoms with Gasteiger partial charge in [-0.3, -0.25) is 9.59 Å². The van der Waals surface area contributed by atoms with Gasteiger partial charge in [0.05, 0.1) is 13.2 Å². The lowest BCUT2D eigenvalue weighted by Crippen LogP contribution is -2.40. The third-order valence-corrected chi connectivity index (χ3v) is 4.32. The van der Waals surface area contributed by atoms with Crippen LogP contribution in [0.15, 0.2) is 48.5 Å². The van der Waals surface area contributed by atoms with Crippen LogP contribution in [-0.2, 0) is 4.79 Å². The number of carbonyl (C=O) groups excluding carboxylic acids is 2. The minimum absolute atomic E-state index is 0.101. The SMILES string of the molecule is CCC(C)C(N)C(=O)Nc1ccc(C(=O)Nc2ccc(OC)cc2)cc1. The standard InChI is InChI=1S/C20H25N3O3/c1-4-13(2)18(21)20(25)23-15-7-5-14(6-8-15)19(24)22-16-9-11-17(26-3)12-10-16/h5-13,18H,4,21H2,1-3H3,(H,22,24)(H,23,25). The maximum atomic E-state index is 12.3. The summed E-state index contributed by atoms with van der Waals surface area (Å²) in [6.07, 6.45) is 0.832. The van der Waals surface area contributed by atoms with Crippen LogP contribution in [0.25, 0.3) is 0 Å². The predicted octanol–water partition coefficient (Wildman–Crippen LogP) is 3.26. The van der Waals surface area contributed by atoms with E-state index in [4.69, 9.17) is 10.5 Å². The molecular formula is C20H25N3O3. The van der Waals surface area contributed by atoms with E-state index in [0.29, 0.717) is 16.9 Å². The Balaban J connectivity index is 1.97. The molecule has 2 aromatic rings. The summed E-state index contributed by atoms with van der Waals surface area (Å²) in [5, 5.41) is 5.58. The van der Waals surface area contributed by atoms with Gasteiger partial charge < -0.3 is 21.1 Å². The Hall–Kier alpha value is -2.86. The van der Waals surface area contributed by atoms with E-state index in [1.54, 1.807) is 55.6 Å². The van der Waals surface area contributed by atoms with Crippen LogP contribution in [0.1, 0.15) is 30.6 Å². The second-order valence-electron chi connectivity index (χ2n) is 6.16. The van der Waals surface area contributed by atoms with E-state index in [9.17, 15) is 9.59 Å². The fraction of sp³-hybridized carbons (Fsp3) is 0.300. The van der Waals surface area contributed by atoms with E-state index < -0.39 is 6.04 Å². The van der Waals surface area contributed by atoms with Crippen molar-refractivity contribution in [2.45, 2.75) is 26.3 Å². The van der Waals surface area contributed by atoms with E-state index in [1.165, 1.54) is 0 Å². The zero-order valence-electron chi connectivity index (χ0n) is 15.3. The van der Waals surface area contributed by atoms with Crippen molar-refractivity contribution < 1.29 is 14.3 Å². The van der Waals surface area contributed by atoms with Gasteiger partial charge in [-0.1, -0.05) is 20.3 Å². The number of amides is 2. The molecule has 2 amide bonds. The maximum Gasteiger partial charge on any atom is 0.255 e. The Morgan fingerprint density at radius 2 is 1.54 bits per heavy atom. The normalized spacial score (nSPS) is 12.8. The van der Waals surface area contributed by atoms with Crippen molar-refractivity contribution in [2.75, 3.05) is 17.7 Å². The Morgan fingerprint density at radius 3 is 2.08 bits per heavy atom. The number of ether oxygens (including phenoxy) is 1. The van der Waals surface area contributed by atoms with Crippen molar-refractivity contribution in [2.24, 2.45) is 11.7 Å². The van der Waals surface area contributed by atoms with Gasteiger partial charge in [0, 0.05) is 16.9 Å². The molecule has 2 atom stereocenters. The molecule has 2 aromatic carbocycles. The van der Waals surface area contributed by atoms with Crippen LogP contribution in [0.5, 0.6) is 5.75 Å². The van der Waals surface area contributed by atoms with Gasteiger partial charge in [0.25, 0.3) is 5.91 Å². The minimum atomic E-state index is -0.557. The fourth-order valence-electron chi connectivity index (χ4n) is 2.32. The van der Waals surface area contributed by atoms with Gasteiger partial charge in [0.2, 0.25) is 5.91 Å². The Labute approximate surface area is 153 Å². The molecule has 0 heterocycles. The summed E-state index contributed by atoms with van der Waals surface area (Å²) in [6, 6.07) is 13.2. The average Bonchev–Trinajstić information content (AvgIpc) is 2.67. The number of nitrogens with one attached hydrogen (secondary N) is 2. The van der Waals surface area contributed by atoms with Crippen molar-refractivity contribution in [3.05, 3.63) is 54.1 Å². The molecule has 0 aliphatic rings. The first-order chi connectivity index (χ1) is 12.4. The third kappa shape index (κ3) is 5.07.